The Balaban J connectivity index is 0. The zero-order valence-corrected chi connectivity index (χ0v) is 8.51. The second-order valence-electron chi connectivity index (χ2n) is 1.94. The van der Waals surface area contributed by atoms with Crippen molar-refractivity contribution in [3.63, 3.8) is 0 Å². The van der Waals surface area contributed by atoms with Gasteiger partial charge < -0.3 is 4.98 Å². The maximum absolute atomic E-state index is 3.97. The quantitative estimate of drug-likeness (QED) is 0.737. The Bertz CT molecular complexity index is 291. The van der Waals surface area contributed by atoms with Crippen molar-refractivity contribution < 1.29 is 0 Å². The van der Waals surface area contributed by atoms with E-state index in [1.54, 1.807) is 6.20 Å². The molecule has 0 aliphatic heterocycles. The van der Waals surface area contributed by atoms with Gasteiger partial charge in [-0.3, -0.25) is 4.98 Å². The van der Waals surface area contributed by atoms with Crippen molar-refractivity contribution in [2.75, 3.05) is 0 Å². The minimum absolute atomic E-state index is 0. The molecule has 2 aromatic heterocycles. The monoisotopic (exact) mass is 226 g/mol. The summed E-state index contributed by atoms with van der Waals surface area (Å²) in [6.45, 7) is 0. The third-order valence-corrected chi connectivity index (χ3v) is 1.35. The van der Waals surface area contributed by atoms with E-state index in [1.807, 2.05) is 24.5 Å². The summed E-state index contributed by atoms with van der Waals surface area (Å²) >= 11 is 0. The second kappa shape index (κ2) is 6.12. The van der Waals surface area contributed by atoms with Crippen LogP contribution in [0.2, 0.25) is 0 Å². The molecule has 0 saturated carbocycles. The minimum atomic E-state index is 0. The molecule has 0 radical (unpaired) electrons. The molecular formula is C7H9Cl3N2. The van der Waals surface area contributed by atoms with Gasteiger partial charge in [-0.2, -0.15) is 0 Å². The van der Waals surface area contributed by atoms with Crippen LogP contribution in [0.4, 0.5) is 0 Å². The maximum atomic E-state index is 3.97. The molecule has 1 N–H and O–H groups in total. The third-order valence-electron chi connectivity index (χ3n) is 1.35. The van der Waals surface area contributed by atoms with Crippen molar-refractivity contribution >= 4 is 48.1 Å². The van der Waals surface area contributed by atoms with Crippen LogP contribution in [0.25, 0.3) is 10.9 Å². The van der Waals surface area contributed by atoms with Gasteiger partial charge in [0.25, 0.3) is 0 Å². The van der Waals surface area contributed by atoms with Crippen molar-refractivity contribution in [3.05, 3.63) is 30.7 Å². The minimum Gasteiger partial charge on any atom is -0.361 e. The van der Waals surface area contributed by atoms with Crippen LogP contribution < -0.4 is 0 Å². The Morgan fingerprint density at radius 1 is 1.08 bits per heavy atom. The van der Waals surface area contributed by atoms with Gasteiger partial charge in [0.05, 0.1) is 0 Å². The van der Waals surface area contributed by atoms with Crippen LogP contribution in [-0.4, -0.2) is 9.97 Å². The summed E-state index contributed by atoms with van der Waals surface area (Å²) in [7, 11) is 0. The van der Waals surface area contributed by atoms with Gasteiger partial charge in [-0.25, -0.2) is 0 Å². The lowest BCUT2D eigenvalue weighted by molar-refractivity contribution is 1.36. The Morgan fingerprint density at radius 3 is 2.50 bits per heavy atom. The summed E-state index contributed by atoms with van der Waals surface area (Å²) in [5.41, 5.74) is 1.14. The average Bonchev–Trinajstić information content (AvgIpc) is 2.33. The van der Waals surface area contributed by atoms with Gasteiger partial charge in [0, 0.05) is 29.5 Å². The molecule has 0 fully saturated rings. The summed E-state index contributed by atoms with van der Waals surface area (Å²) in [4.78, 5) is 7.04. The van der Waals surface area contributed by atoms with Crippen molar-refractivity contribution in [1.82, 2.24) is 9.97 Å². The molecule has 0 aromatic carbocycles. The van der Waals surface area contributed by atoms with Crippen LogP contribution in [0, 0.1) is 0 Å². The molecule has 5 heteroatoms. The van der Waals surface area contributed by atoms with Crippen molar-refractivity contribution in [1.29, 1.82) is 0 Å². The fourth-order valence-corrected chi connectivity index (χ4v) is 0.892. The molecular weight excluding hydrogens is 218 g/mol. The number of hydrogen-bond donors (Lipinski definition) is 1. The highest BCUT2D eigenvalue weighted by Crippen LogP contribution is 2.07. The summed E-state index contributed by atoms with van der Waals surface area (Å²) in [5.74, 6) is 0. The molecule has 2 aromatic rings. The number of aromatic nitrogens is 2. The molecule has 2 heterocycles. The van der Waals surface area contributed by atoms with Crippen molar-refractivity contribution in [2.45, 2.75) is 0 Å². The molecule has 0 saturated heterocycles. The number of hydrogen-bond acceptors (Lipinski definition) is 1. The molecule has 0 atom stereocenters. The summed E-state index contributed by atoms with van der Waals surface area (Å²) < 4.78 is 0. The first-order valence-corrected chi connectivity index (χ1v) is 2.84. The molecule has 0 unspecified atom stereocenters. The number of fused-ring (bicyclic) bond motifs is 1. The van der Waals surface area contributed by atoms with E-state index in [0.717, 1.165) is 10.9 Å². The largest absolute Gasteiger partial charge is 0.361 e. The Hall–Kier alpha value is -0.440. The number of pyridine rings is 1. The van der Waals surface area contributed by atoms with E-state index in [1.165, 1.54) is 0 Å². The first-order chi connectivity index (χ1) is 4.47. The maximum Gasteiger partial charge on any atom is 0.0484 e. The number of rotatable bonds is 0. The lowest BCUT2D eigenvalue weighted by Gasteiger charge is -1.82. The van der Waals surface area contributed by atoms with Crippen LogP contribution in [0.5, 0.6) is 0 Å². The Labute approximate surface area is 89.0 Å². The number of H-pyrrole nitrogens is 1. The first-order valence-electron chi connectivity index (χ1n) is 2.84. The van der Waals surface area contributed by atoms with Crippen LogP contribution in [-0.2, 0) is 0 Å². The SMILES string of the molecule is Cl.Cl.Cl.c1cc2[nH]ccc2cn1. The number of halogens is 3. The standard InChI is InChI=1S/C7H6N2.3ClH/c1-4-9-7-2-3-8-5-6(1)7;;;/h1-5,9H;3*1H. The molecule has 0 aliphatic rings. The van der Waals surface area contributed by atoms with E-state index in [9.17, 15) is 0 Å². The summed E-state index contributed by atoms with van der Waals surface area (Å²) in [6.07, 6.45) is 5.52. The predicted molar refractivity (Wildman–Crippen MR) is 57.8 cm³/mol. The van der Waals surface area contributed by atoms with Gasteiger partial charge in [0.1, 0.15) is 0 Å². The highest BCUT2D eigenvalue weighted by atomic mass is 35.5. The Kier molecular flexibility index (Phi) is 7.19. The number of aromatic amines is 1. The normalized spacial score (nSPS) is 7.67. The molecule has 2 rings (SSSR count). The molecule has 68 valence electrons. The van der Waals surface area contributed by atoms with E-state index >= 15 is 0 Å². The van der Waals surface area contributed by atoms with Gasteiger partial charge >= 0.3 is 0 Å². The molecule has 12 heavy (non-hydrogen) atoms. The molecule has 0 bridgehead atoms. The van der Waals surface area contributed by atoms with Crippen molar-refractivity contribution in [3.8, 4) is 0 Å². The van der Waals surface area contributed by atoms with Crippen LogP contribution >= 0.6 is 37.2 Å². The first kappa shape index (κ1) is 14.1. The van der Waals surface area contributed by atoms with Crippen LogP contribution in [0.1, 0.15) is 0 Å². The molecule has 0 amide bonds. The fourth-order valence-electron chi connectivity index (χ4n) is 0.892. The zero-order chi connectivity index (χ0) is 6.10. The van der Waals surface area contributed by atoms with Crippen LogP contribution in [0.15, 0.2) is 30.7 Å². The zero-order valence-electron chi connectivity index (χ0n) is 6.06. The number of nitrogens with zero attached hydrogens (tertiary/aromatic N) is 1. The molecule has 2 nitrogen and oxygen atoms in total. The summed E-state index contributed by atoms with van der Waals surface area (Å²) in [5, 5.41) is 1.16. The lowest BCUT2D eigenvalue weighted by Crippen LogP contribution is -1.67. The third kappa shape index (κ3) is 2.55. The van der Waals surface area contributed by atoms with Crippen molar-refractivity contribution in [2.24, 2.45) is 0 Å². The topological polar surface area (TPSA) is 28.7 Å². The Morgan fingerprint density at radius 2 is 1.83 bits per heavy atom. The van der Waals surface area contributed by atoms with E-state index in [-0.39, 0.29) is 37.2 Å². The summed E-state index contributed by atoms with van der Waals surface area (Å²) in [6, 6.07) is 3.96. The lowest BCUT2D eigenvalue weighted by atomic mass is 10.3. The fraction of sp³-hybridized carbons (Fsp3) is 0. The van der Waals surface area contributed by atoms with Gasteiger partial charge in [-0.05, 0) is 12.1 Å². The molecule has 0 spiro atoms. The second-order valence-corrected chi connectivity index (χ2v) is 1.94. The van der Waals surface area contributed by atoms with Gasteiger partial charge in [0.2, 0.25) is 0 Å². The van der Waals surface area contributed by atoms with Gasteiger partial charge in [0.15, 0.2) is 0 Å². The smallest absolute Gasteiger partial charge is 0.0484 e. The van der Waals surface area contributed by atoms with E-state index in [4.69, 9.17) is 0 Å². The average molecular weight is 228 g/mol. The number of nitrogens with one attached hydrogen (secondary N) is 1. The predicted octanol–water partition coefficient (Wildman–Crippen LogP) is 2.83. The van der Waals surface area contributed by atoms with E-state index in [2.05, 4.69) is 9.97 Å². The molecule has 0 aliphatic carbocycles. The van der Waals surface area contributed by atoms with E-state index < -0.39 is 0 Å². The van der Waals surface area contributed by atoms with Crippen LogP contribution in [0.3, 0.4) is 0 Å². The van der Waals surface area contributed by atoms with E-state index in [0.29, 0.717) is 0 Å². The van der Waals surface area contributed by atoms with Gasteiger partial charge in [-0.1, -0.05) is 0 Å². The highest BCUT2D eigenvalue weighted by Gasteiger charge is 1.87. The highest BCUT2D eigenvalue weighted by molar-refractivity contribution is 5.86. The van der Waals surface area contributed by atoms with Gasteiger partial charge in [-0.15, -0.1) is 37.2 Å².